The van der Waals surface area contributed by atoms with Crippen molar-refractivity contribution in [3.8, 4) is 5.75 Å². The molecule has 0 aromatic heterocycles. The normalized spacial score (nSPS) is 10.7. The first-order chi connectivity index (χ1) is 9.56. The van der Waals surface area contributed by atoms with E-state index < -0.39 is 5.91 Å². The van der Waals surface area contributed by atoms with Crippen LogP contribution in [0.2, 0.25) is 5.02 Å². The van der Waals surface area contributed by atoms with E-state index >= 15 is 0 Å². The molecule has 0 fully saturated rings. The highest BCUT2D eigenvalue weighted by molar-refractivity contribution is 6.31. The molecular formula is C15H13ClN2O2. The van der Waals surface area contributed by atoms with Crippen LogP contribution in [0.4, 0.5) is 0 Å². The number of hydrogen-bond donors (Lipinski definition) is 2. The van der Waals surface area contributed by atoms with E-state index in [1.54, 1.807) is 0 Å². The zero-order valence-corrected chi connectivity index (χ0v) is 11.6. The average molecular weight is 289 g/mol. The Balaban J connectivity index is 2.07. The van der Waals surface area contributed by atoms with Gasteiger partial charge in [-0.05, 0) is 30.7 Å². The number of hydrazone groups is 1. The summed E-state index contributed by atoms with van der Waals surface area (Å²) in [5.41, 5.74) is 4.41. The molecule has 2 rings (SSSR count). The standard InChI is InChI=1S/C15H13ClN2O2/c1-10-3-2-4-11(7-10)9-17-18-15(20)13-8-12(16)5-6-14(13)19/h2-9,19H,1H3,(H,18,20)/b17-9+. The third-order valence-electron chi connectivity index (χ3n) is 2.63. The van der Waals surface area contributed by atoms with E-state index in [1.807, 2.05) is 31.2 Å². The lowest BCUT2D eigenvalue weighted by Gasteiger charge is -2.03. The SMILES string of the molecule is Cc1cccc(/C=N/NC(=O)c2cc(Cl)ccc2O)c1. The molecule has 0 spiro atoms. The van der Waals surface area contributed by atoms with Gasteiger partial charge < -0.3 is 5.11 Å². The van der Waals surface area contributed by atoms with Crippen molar-refractivity contribution in [3.05, 3.63) is 64.2 Å². The Labute approximate surface area is 121 Å². The van der Waals surface area contributed by atoms with Gasteiger partial charge in [-0.1, -0.05) is 41.4 Å². The third-order valence-corrected chi connectivity index (χ3v) is 2.86. The zero-order chi connectivity index (χ0) is 14.5. The summed E-state index contributed by atoms with van der Waals surface area (Å²) < 4.78 is 0. The lowest BCUT2D eigenvalue weighted by atomic mass is 10.2. The monoisotopic (exact) mass is 288 g/mol. The van der Waals surface area contributed by atoms with Crippen LogP contribution in [0.5, 0.6) is 5.75 Å². The molecule has 0 aliphatic rings. The number of aryl methyl sites for hydroxylation is 1. The van der Waals surface area contributed by atoms with Crippen LogP contribution in [0, 0.1) is 6.92 Å². The first kappa shape index (κ1) is 14.1. The number of benzene rings is 2. The van der Waals surface area contributed by atoms with Gasteiger partial charge in [0.05, 0.1) is 11.8 Å². The molecule has 5 heteroatoms. The molecule has 2 aromatic carbocycles. The van der Waals surface area contributed by atoms with Gasteiger partial charge in [0.25, 0.3) is 5.91 Å². The van der Waals surface area contributed by atoms with E-state index in [1.165, 1.54) is 24.4 Å². The van der Waals surface area contributed by atoms with E-state index in [4.69, 9.17) is 11.6 Å². The van der Waals surface area contributed by atoms with Gasteiger partial charge in [-0.25, -0.2) is 5.43 Å². The summed E-state index contributed by atoms with van der Waals surface area (Å²) in [5, 5.41) is 13.8. The molecule has 1 amide bonds. The minimum atomic E-state index is -0.520. The Hall–Kier alpha value is -2.33. The Morgan fingerprint density at radius 3 is 2.85 bits per heavy atom. The number of hydrogen-bond acceptors (Lipinski definition) is 3. The number of halogens is 1. The Morgan fingerprint density at radius 1 is 1.30 bits per heavy atom. The summed E-state index contributed by atoms with van der Waals surface area (Å²) >= 11 is 5.78. The molecule has 0 unspecified atom stereocenters. The summed E-state index contributed by atoms with van der Waals surface area (Å²) in [5.74, 6) is -0.661. The van der Waals surface area contributed by atoms with Crippen molar-refractivity contribution in [2.24, 2.45) is 5.10 Å². The van der Waals surface area contributed by atoms with E-state index in [-0.39, 0.29) is 11.3 Å². The highest BCUT2D eigenvalue weighted by Gasteiger charge is 2.10. The van der Waals surface area contributed by atoms with Crippen molar-refractivity contribution in [2.45, 2.75) is 6.92 Å². The highest BCUT2D eigenvalue weighted by Crippen LogP contribution is 2.21. The van der Waals surface area contributed by atoms with E-state index in [2.05, 4.69) is 10.5 Å². The Bertz CT molecular complexity index is 669. The van der Waals surface area contributed by atoms with Gasteiger partial charge in [0.15, 0.2) is 0 Å². The maximum Gasteiger partial charge on any atom is 0.275 e. The predicted molar refractivity (Wildman–Crippen MR) is 79.4 cm³/mol. The van der Waals surface area contributed by atoms with Crippen molar-refractivity contribution < 1.29 is 9.90 Å². The number of phenolic OH excluding ortho intramolecular Hbond substituents is 1. The largest absolute Gasteiger partial charge is 0.507 e. The maximum absolute atomic E-state index is 11.8. The number of carbonyl (C=O) groups is 1. The number of nitrogens with one attached hydrogen (secondary N) is 1. The molecule has 0 aliphatic heterocycles. The summed E-state index contributed by atoms with van der Waals surface area (Å²) in [7, 11) is 0. The molecule has 0 bridgehead atoms. The van der Waals surface area contributed by atoms with Crippen LogP contribution in [-0.2, 0) is 0 Å². The Kier molecular flexibility index (Phi) is 4.38. The number of amides is 1. The van der Waals surface area contributed by atoms with Gasteiger partial charge in [-0.3, -0.25) is 4.79 Å². The zero-order valence-electron chi connectivity index (χ0n) is 10.8. The second-order valence-corrected chi connectivity index (χ2v) is 4.71. The molecule has 2 N–H and O–H groups in total. The molecule has 0 atom stereocenters. The number of rotatable bonds is 3. The fourth-order valence-electron chi connectivity index (χ4n) is 1.67. The molecule has 20 heavy (non-hydrogen) atoms. The van der Waals surface area contributed by atoms with Gasteiger partial charge in [0.2, 0.25) is 0 Å². The van der Waals surface area contributed by atoms with Crippen LogP contribution in [0.25, 0.3) is 0 Å². The lowest BCUT2D eigenvalue weighted by molar-refractivity contribution is 0.0952. The van der Waals surface area contributed by atoms with Gasteiger partial charge in [-0.2, -0.15) is 5.10 Å². The molecule has 0 saturated carbocycles. The van der Waals surface area contributed by atoms with E-state index in [0.29, 0.717) is 5.02 Å². The minimum Gasteiger partial charge on any atom is -0.507 e. The summed E-state index contributed by atoms with van der Waals surface area (Å²) in [4.78, 5) is 11.8. The molecule has 0 radical (unpaired) electrons. The second kappa shape index (κ2) is 6.21. The van der Waals surface area contributed by atoms with Gasteiger partial charge in [0.1, 0.15) is 5.75 Å². The van der Waals surface area contributed by atoms with Crippen LogP contribution in [0.15, 0.2) is 47.6 Å². The number of carbonyl (C=O) groups excluding carboxylic acids is 1. The Morgan fingerprint density at radius 2 is 2.10 bits per heavy atom. The summed E-state index contributed by atoms with van der Waals surface area (Å²) in [6.07, 6.45) is 1.53. The van der Waals surface area contributed by atoms with Crippen LogP contribution in [0.1, 0.15) is 21.5 Å². The molecule has 102 valence electrons. The predicted octanol–water partition coefficient (Wildman–Crippen LogP) is 3.12. The first-order valence-electron chi connectivity index (χ1n) is 5.95. The molecule has 0 aliphatic carbocycles. The van der Waals surface area contributed by atoms with Crippen molar-refractivity contribution in [2.75, 3.05) is 0 Å². The van der Waals surface area contributed by atoms with E-state index in [9.17, 15) is 9.90 Å². The highest BCUT2D eigenvalue weighted by atomic mass is 35.5. The fraction of sp³-hybridized carbons (Fsp3) is 0.0667. The first-order valence-corrected chi connectivity index (χ1v) is 6.32. The van der Waals surface area contributed by atoms with Crippen LogP contribution in [-0.4, -0.2) is 17.2 Å². The summed E-state index contributed by atoms with van der Waals surface area (Å²) in [6.45, 7) is 1.97. The molecule has 4 nitrogen and oxygen atoms in total. The van der Waals surface area contributed by atoms with Crippen molar-refractivity contribution in [1.29, 1.82) is 0 Å². The minimum absolute atomic E-state index is 0.0823. The third kappa shape index (κ3) is 3.59. The molecule has 0 heterocycles. The second-order valence-electron chi connectivity index (χ2n) is 4.27. The fourth-order valence-corrected chi connectivity index (χ4v) is 1.84. The quantitative estimate of drug-likeness (QED) is 0.673. The molecular weight excluding hydrogens is 276 g/mol. The van der Waals surface area contributed by atoms with Gasteiger partial charge in [-0.15, -0.1) is 0 Å². The lowest BCUT2D eigenvalue weighted by Crippen LogP contribution is -2.17. The summed E-state index contributed by atoms with van der Waals surface area (Å²) in [6, 6.07) is 11.9. The molecule has 0 saturated heterocycles. The van der Waals surface area contributed by atoms with Crippen molar-refractivity contribution in [1.82, 2.24) is 5.43 Å². The van der Waals surface area contributed by atoms with Crippen LogP contribution >= 0.6 is 11.6 Å². The number of aromatic hydroxyl groups is 1. The van der Waals surface area contributed by atoms with Crippen molar-refractivity contribution in [3.63, 3.8) is 0 Å². The van der Waals surface area contributed by atoms with Crippen molar-refractivity contribution >= 4 is 23.7 Å². The maximum atomic E-state index is 11.8. The average Bonchev–Trinajstić information content (AvgIpc) is 2.41. The smallest absolute Gasteiger partial charge is 0.275 e. The van der Waals surface area contributed by atoms with E-state index in [0.717, 1.165) is 11.1 Å². The topological polar surface area (TPSA) is 61.7 Å². The van der Waals surface area contributed by atoms with Gasteiger partial charge in [0, 0.05) is 5.02 Å². The van der Waals surface area contributed by atoms with Crippen LogP contribution in [0.3, 0.4) is 0 Å². The van der Waals surface area contributed by atoms with Gasteiger partial charge >= 0.3 is 0 Å². The van der Waals surface area contributed by atoms with Crippen LogP contribution < -0.4 is 5.43 Å². The molecule has 2 aromatic rings. The number of phenols is 1. The number of nitrogens with zero attached hydrogens (tertiary/aromatic N) is 1.